The van der Waals surface area contributed by atoms with Gasteiger partial charge in [-0.1, -0.05) is 29.3 Å². The zero-order valence-corrected chi connectivity index (χ0v) is 14.5. The molecule has 0 unspecified atom stereocenters. The van der Waals surface area contributed by atoms with Gasteiger partial charge in [0.05, 0.1) is 0 Å². The molecule has 2 N–H and O–H groups in total. The largest absolute Gasteiger partial charge is 0.340 e. The van der Waals surface area contributed by atoms with Gasteiger partial charge in [-0.25, -0.2) is 13.8 Å². The summed E-state index contributed by atoms with van der Waals surface area (Å²) in [5.74, 6) is -0.993. The quantitative estimate of drug-likeness (QED) is 0.595. The molecule has 2 aromatic carbocycles. The molecule has 0 aliphatic heterocycles. The number of nitrogens with zero attached hydrogens (tertiary/aromatic N) is 2. The lowest BCUT2D eigenvalue weighted by Gasteiger charge is -2.11. The Balaban J connectivity index is 1.90. The molecule has 3 rings (SSSR count). The molecule has 0 saturated heterocycles. The number of para-hydroxylation sites is 1. The highest BCUT2D eigenvalue weighted by Crippen LogP contribution is 2.26. The van der Waals surface area contributed by atoms with E-state index in [9.17, 15) is 8.78 Å². The molecule has 0 amide bonds. The second-order valence-electron chi connectivity index (χ2n) is 5.22. The molecule has 8 heteroatoms. The first-order valence-corrected chi connectivity index (χ1v) is 7.96. The number of aromatic nitrogens is 2. The molecule has 0 aliphatic rings. The summed E-state index contributed by atoms with van der Waals surface area (Å²) >= 11 is 11.9. The first-order chi connectivity index (χ1) is 11.9. The van der Waals surface area contributed by atoms with Crippen molar-refractivity contribution in [2.75, 3.05) is 10.6 Å². The Labute approximate surface area is 152 Å². The van der Waals surface area contributed by atoms with Crippen LogP contribution in [0.2, 0.25) is 10.0 Å². The lowest BCUT2D eigenvalue weighted by molar-refractivity contribution is 0.590. The third-order valence-electron chi connectivity index (χ3n) is 3.19. The summed E-state index contributed by atoms with van der Waals surface area (Å²) in [5, 5.41) is 6.53. The van der Waals surface area contributed by atoms with Crippen molar-refractivity contribution >= 4 is 46.3 Å². The first kappa shape index (κ1) is 17.4. The second-order valence-corrected chi connectivity index (χ2v) is 6.10. The van der Waals surface area contributed by atoms with Crippen LogP contribution in [-0.2, 0) is 0 Å². The van der Waals surface area contributed by atoms with Crippen molar-refractivity contribution in [3.8, 4) is 0 Å². The van der Waals surface area contributed by atoms with Gasteiger partial charge in [-0.05, 0) is 37.3 Å². The van der Waals surface area contributed by atoms with Crippen LogP contribution in [0.1, 0.15) is 5.69 Å². The van der Waals surface area contributed by atoms with Crippen molar-refractivity contribution in [2.45, 2.75) is 6.92 Å². The zero-order chi connectivity index (χ0) is 18.0. The van der Waals surface area contributed by atoms with Gasteiger partial charge in [0.2, 0.25) is 5.95 Å². The van der Waals surface area contributed by atoms with Crippen molar-refractivity contribution in [3.63, 3.8) is 0 Å². The van der Waals surface area contributed by atoms with Crippen LogP contribution in [0.5, 0.6) is 0 Å². The van der Waals surface area contributed by atoms with Gasteiger partial charge in [0.1, 0.15) is 23.1 Å². The predicted octanol–water partition coefficient (Wildman–Crippen LogP) is 5.86. The van der Waals surface area contributed by atoms with Gasteiger partial charge in [-0.3, -0.25) is 0 Å². The van der Waals surface area contributed by atoms with Crippen molar-refractivity contribution in [2.24, 2.45) is 0 Å². The number of hydrogen-bond donors (Lipinski definition) is 2. The fourth-order valence-corrected chi connectivity index (χ4v) is 2.72. The topological polar surface area (TPSA) is 49.8 Å². The molecular weight excluding hydrogens is 369 g/mol. The average Bonchev–Trinajstić information content (AvgIpc) is 2.49. The SMILES string of the molecule is Cc1cc(Nc2cc(Cl)cc(Cl)c2)nc(Nc2c(F)cccc2F)n1. The average molecular weight is 381 g/mol. The molecule has 0 spiro atoms. The number of hydrogen-bond acceptors (Lipinski definition) is 4. The molecule has 25 heavy (non-hydrogen) atoms. The van der Waals surface area contributed by atoms with Gasteiger partial charge in [0, 0.05) is 27.5 Å². The summed E-state index contributed by atoms with van der Waals surface area (Å²) in [7, 11) is 0. The summed E-state index contributed by atoms with van der Waals surface area (Å²) in [6, 6.07) is 10.2. The van der Waals surface area contributed by atoms with Gasteiger partial charge in [-0.15, -0.1) is 0 Å². The fourth-order valence-electron chi connectivity index (χ4n) is 2.19. The summed E-state index contributed by atoms with van der Waals surface area (Å²) in [6.07, 6.45) is 0. The summed E-state index contributed by atoms with van der Waals surface area (Å²) in [6.45, 7) is 1.74. The number of anilines is 4. The van der Waals surface area contributed by atoms with E-state index >= 15 is 0 Å². The predicted molar refractivity (Wildman–Crippen MR) is 96.2 cm³/mol. The van der Waals surface area contributed by atoms with E-state index < -0.39 is 11.6 Å². The minimum absolute atomic E-state index is 0.0552. The lowest BCUT2D eigenvalue weighted by atomic mass is 10.3. The van der Waals surface area contributed by atoms with E-state index in [-0.39, 0.29) is 11.6 Å². The van der Waals surface area contributed by atoms with E-state index in [2.05, 4.69) is 20.6 Å². The number of nitrogens with one attached hydrogen (secondary N) is 2. The van der Waals surface area contributed by atoms with E-state index in [4.69, 9.17) is 23.2 Å². The Hall–Kier alpha value is -2.44. The summed E-state index contributed by atoms with van der Waals surface area (Å²) in [4.78, 5) is 8.35. The van der Waals surface area contributed by atoms with E-state index in [0.29, 0.717) is 27.2 Å². The van der Waals surface area contributed by atoms with Crippen molar-refractivity contribution < 1.29 is 8.78 Å². The highest BCUT2D eigenvalue weighted by molar-refractivity contribution is 6.35. The van der Waals surface area contributed by atoms with Crippen LogP contribution in [0.3, 0.4) is 0 Å². The number of benzene rings is 2. The monoisotopic (exact) mass is 380 g/mol. The highest BCUT2D eigenvalue weighted by Gasteiger charge is 2.11. The highest BCUT2D eigenvalue weighted by atomic mass is 35.5. The molecule has 0 radical (unpaired) electrons. The maximum Gasteiger partial charge on any atom is 0.229 e. The van der Waals surface area contributed by atoms with E-state index in [1.54, 1.807) is 31.2 Å². The molecule has 1 aromatic heterocycles. The minimum Gasteiger partial charge on any atom is -0.340 e. The van der Waals surface area contributed by atoms with Gasteiger partial charge < -0.3 is 10.6 Å². The van der Waals surface area contributed by atoms with Crippen LogP contribution < -0.4 is 10.6 Å². The maximum absolute atomic E-state index is 13.8. The molecule has 0 aliphatic carbocycles. The van der Waals surface area contributed by atoms with E-state index in [0.717, 1.165) is 12.1 Å². The maximum atomic E-state index is 13.8. The number of halogens is 4. The number of rotatable bonds is 4. The van der Waals surface area contributed by atoms with E-state index in [1.807, 2.05) is 0 Å². The second kappa shape index (κ2) is 7.21. The molecule has 0 saturated carbocycles. The van der Waals surface area contributed by atoms with Gasteiger partial charge >= 0.3 is 0 Å². The third kappa shape index (κ3) is 4.35. The molecule has 1 heterocycles. The Morgan fingerprint density at radius 2 is 1.52 bits per heavy atom. The van der Waals surface area contributed by atoms with Gasteiger partial charge in [-0.2, -0.15) is 4.98 Å². The van der Waals surface area contributed by atoms with Crippen LogP contribution >= 0.6 is 23.2 Å². The van der Waals surface area contributed by atoms with Crippen molar-refractivity contribution in [3.05, 3.63) is 69.8 Å². The van der Waals surface area contributed by atoms with Gasteiger partial charge in [0.25, 0.3) is 0 Å². The van der Waals surface area contributed by atoms with Gasteiger partial charge in [0.15, 0.2) is 0 Å². The minimum atomic E-state index is -0.735. The van der Waals surface area contributed by atoms with Crippen molar-refractivity contribution in [1.29, 1.82) is 0 Å². The summed E-state index contributed by atoms with van der Waals surface area (Å²) in [5.41, 5.74) is 0.911. The standard InChI is InChI=1S/C17H12Cl2F2N4/c1-9-5-15(23-12-7-10(18)6-11(19)8-12)24-17(22-9)25-16-13(20)3-2-4-14(16)21/h2-8H,1H3,(H2,22,23,24,25). The third-order valence-corrected chi connectivity index (χ3v) is 3.63. The normalized spacial score (nSPS) is 10.6. The van der Waals surface area contributed by atoms with Crippen LogP contribution in [0.25, 0.3) is 0 Å². The first-order valence-electron chi connectivity index (χ1n) is 7.20. The molecule has 3 aromatic rings. The smallest absolute Gasteiger partial charge is 0.229 e. The van der Waals surface area contributed by atoms with Crippen LogP contribution in [0.4, 0.5) is 31.9 Å². The van der Waals surface area contributed by atoms with Crippen LogP contribution in [0, 0.1) is 18.6 Å². The molecule has 128 valence electrons. The molecule has 0 atom stereocenters. The summed E-state index contributed by atoms with van der Waals surface area (Å²) < 4.78 is 27.5. The van der Waals surface area contributed by atoms with Crippen molar-refractivity contribution in [1.82, 2.24) is 9.97 Å². The Morgan fingerprint density at radius 3 is 2.16 bits per heavy atom. The Kier molecular flexibility index (Phi) is 5.01. The van der Waals surface area contributed by atoms with E-state index in [1.165, 1.54) is 6.07 Å². The molecule has 0 bridgehead atoms. The lowest BCUT2D eigenvalue weighted by Crippen LogP contribution is -2.04. The molecule has 0 fully saturated rings. The molecule has 4 nitrogen and oxygen atoms in total. The Bertz CT molecular complexity index is 894. The van der Waals surface area contributed by atoms with Crippen LogP contribution in [-0.4, -0.2) is 9.97 Å². The number of aryl methyl sites for hydroxylation is 1. The molecular formula is C17H12Cl2F2N4. The zero-order valence-electron chi connectivity index (χ0n) is 12.9. The Morgan fingerprint density at radius 1 is 0.880 bits per heavy atom. The van der Waals surface area contributed by atoms with Crippen LogP contribution in [0.15, 0.2) is 42.5 Å². The fraction of sp³-hybridized carbons (Fsp3) is 0.0588.